The molecule has 2 saturated heterocycles. The Kier molecular flexibility index (Phi) is 4.13. The molecule has 0 bridgehead atoms. The molecule has 2 N–H and O–H groups in total. The van der Waals surface area contributed by atoms with E-state index in [9.17, 15) is 0 Å². The summed E-state index contributed by atoms with van der Waals surface area (Å²) in [4.78, 5) is 0. The molecule has 0 amide bonds. The van der Waals surface area contributed by atoms with E-state index in [0.29, 0.717) is 11.8 Å². The molecular weight excluding hydrogens is 250 g/mol. The first-order valence-corrected chi connectivity index (χ1v) is 8.55. The summed E-state index contributed by atoms with van der Waals surface area (Å²) >= 11 is 0. The van der Waals surface area contributed by atoms with Crippen LogP contribution in [0.3, 0.4) is 0 Å². The largest absolute Gasteiger partial charge is 0.381 e. The third-order valence-electron chi connectivity index (χ3n) is 6.37. The van der Waals surface area contributed by atoms with Crippen LogP contribution in [0.25, 0.3) is 0 Å². The van der Waals surface area contributed by atoms with E-state index < -0.39 is 0 Å². The molecule has 0 radical (unpaired) electrons. The Morgan fingerprint density at radius 2 is 1.70 bits per heavy atom. The molecule has 1 spiro atoms. The van der Waals surface area contributed by atoms with Crippen LogP contribution in [0.15, 0.2) is 0 Å². The van der Waals surface area contributed by atoms with E-state index >= 15 is 0 Å². The molecule has 4 atom stereocenters. The topological polar surface area (TPSA) is 44.5 Å². The van der Waals surface area contributed by atoms with Gasteiger partial charge in [0.1, 0.15) is 0 Å². The molecule has 3 heteroatoms. The van der Waals surface area contributed by atoms with Crippen molar-refractivity contribution >= 4 is 0 Å². The lowest BCUT2D eigenvalue weighted by Crippen LogP contribution is -2.59. The maximum atomic E-state index is 6.97. The van der Waals surface area contributed by atoms with Crippen LogP contribution < -0.4 is 5.73 Å². The van der Waals surface area contributed by atoms with E-state index in [1.807, 2.05) is 0 Å². The maximum Gasteiger partial charge on any atom is 0.0729 e. The van der Waals surface area contributed by atoms with Crippen LogP contribution in [0.2, 0.25) is 0 Å². The molecule has 3 aliphatic rings. The minimum Gasteiger partial charge on any atom is -0.381 e. The summed E-state index contributed by atoms with van der Waals surface area (Å²) in [5.74, 6) is 2.07. The first-order valence-electron chi connectivity index (χ1n) is 8.55. The fourth-order valence-electron chi connectivity index (χ4n) is 4.86. The van der Waals surface area contributed by atoms with Crippen molar-refractivity contribution in [3.05, 3.63) is 0 Å². The van der Waals surface area contributed by atoms with Crippen molar-refractivity contribution in [2.75, 3.05) is 19.8 Å². The Hall–Kier alpha value is -0.120. The van der Waals surface area contributed by atoms with Gasteiger partial charge in [0, 0.05) is 25.4 Å². The highest BCUT2D eigenvalue weighted by Crippen LogP contribution is 2.47. The average molecular weight is 281 g/mol. The molecule has 4 unspecified atom stereocenters. The van der Waals surface area contributed by atoms with Crippen LogP contribution in [0.4, 0.5) is 0 Å². The van der Waals surface area contributed by atoms with Crippen LogP contribution in [0.5, 0.6) is 0 Å². The molecule has 3 fully saturated rings. The highest BCUT2D eigenvalue weighted by molar-refractivity contribution is 5.03. The third kappa shape index (κ3) is 2.65. The van der Waals surface area contributed by atoms with E-state index in [1.165, 1.54) is 19.3 Å². The summed E-state index contributed by atoms with van der Waals surface area (Å²) in [6.07, 6.45) is 8.27. The van der Waals surface area contributed by atoms with Crippen molar-refractivity contribution in [3.8, 4) is 0 Å². The van der Waals surface area contributed by atoms with Gasteiger partial charge in [0.2, 0.25) is 0 Å². The fourth-order valence-corrected chi connectivity index (χ4v) is 4.86. The summed E-state index contributed by atoms with van der Waals surface area (Å²) in [5.41, 5.74) is 7.08. The molecule has 1 aliphatic carbocycles. The number of hydrogen-bond donors (Lipinski definition) is 1. The molecular formula is C17H31NO2. The Bertz CT molecular complexity index is 334. The highest BCUT2D eigenvalue weighted by atomic mass is 16.5. The molecule has 116 valence electrons. The predicted molar refractivity (Wildman–Crippen MR) is 80.6 cm³/mol. The molecule has 3 rings (SSSR count). The molecule has 0 aromatic heterocycles. The minimum absolute atomic E-state index is 0.0345. The van der Waals surface area contributed by atoms with Crippen molar-refractivity contribution in [3.63, 3.8) is 0 Å². The van der Waals surface area contributed by atoms with Crippen LogP contribution in [0, 0.1) is 17.8 Å². The number of ether oxygens (including phenoxy) is 2. The van der Waals surface area contributed by atoms with Crippen LogP contribution in [0.1, 0.15) is 58.8 Å². The van der Waals surface area contributed by atoms with Gasteiger partial charge in [-0.1, -0.05) is 20.3 Å². The summed E-state index contributed by atoms with van der Waals surface area (Å²) in [6, 6.07) is 0. The van der Waals surface area contributed by atoms with Crippen molar-refractivity contribution in [1.82, 2.24) is 0 Å². The van der Waals surface area contributed by atoms with Gasteiger partial charge in [-0.2, -0.15) is 0 Å². The maximum absolute atomic E-state index is 6.97. The predicted octanol–water partition coefficient (Wildman–Crippen LogP) is 3.12. The lowest BCUT2D eigenvalue weighted by Gasteiger charge is -2.53. The van der Waals surface area contributed by atoms with Crippen molar-refractivity contribution < 1.29 is 9.47 Å². The van der Waals surface area contributed by atoms with Crippen LogP contribution in [-0.4, -0.2) is 31.0 Å². The average Bonchev–Trinajstić information content (AvgIpc) is 2.44. The minimum atomic E-state index is 0.0345. The normalized spacial score (nSPS) is 45.5. The quantitative estimate of drug-likeness (QED) is 0.803. The van der Waals surface area contributed by atoms with Crippen LogP contribution in [-0.2, 0) is 9.47 Å². The first kappa shape index (κ1) is 14.8. The second kappa shape index (κ2) is 5.58. The smallest absolute Gasteiger partial charge is 0.0729 e. The van der Waals surface area contributed by atoms with Gasteiger partial charge >= 0.3 is 0 Å². The lowest BCUT2D eigenvalue weighted by atomic mass is 9.60. The Labute approximate surface area is 123 Å². The Morgan fingerprint density at radius 3 is 2.45 bits per heavy atom. The van der Waals surface area contributed by atoms with Gasteiger partial charge in [-0.15, -0.1) is 0 Å². The van der Waals surface area contributed by atoms with Crippen molar-refractivity contribution in [2.45, 2.75) is 69.9 Å². The van der Waals surface area contributed by atoms with Gasteiger partial charge < -0.3 is 15.2 Å². The van der Waals surface area contributed by atoms with Gasteiger partial charge in [-0.05, 0) is 56.3 Å². The summed E-state index contributed by atoms with van der Waals surface area (Å²) in [5, 5.41) is 0. The molecule has 0 aromatic rings. The van der Waals surface area contributed by atoms with E-state index in [-0.39, 0.29) is 11.1 Å². The summed E-state index contributed by atoms with van der Waals surface area (Å²) in [7, 11) is 0. The zero-order valence-corrected chi connectivity index (χ0v) is 13.2. The van der Waals surface area contributed by atoms with Gasteiger partial charge in [0.15, 0.2) is 0 Å². The SMILES string of the molecule is CC1CCC(C)C(N)(C2CCOC3(CCOCC3)C2)C1. The standard InChI is InChI=1S/C17H31NO2/c1-13-3-4-14(2)17(18,11-13)15-5-8-20-16(12-15)6-9-19-10-7-16/h13-15H,3-12,18H2,1-2H3. The molecule has 3 nitrogen and oxygen atoms in total. The number of nitrogens with two attached hydrogens (primary N) is 1. The highest BCUT2D eigenvalue weighted by Gasteiger charge is 2.49. The van der Waals surface area contributed by atoms with E-state index in [2.05, 4.69) is 13.8 Å². The van der Waals surface area contributed by atoms with Crippen molar-refractivity contribution in [1.29, 1.82) is 0 Å². The number of hydrogen-bond acceptors (Lipinski definition) is 3. The van der Waals surface area contributed by atoms with E-state index in [4.69, 9.17) is 15.2 Å². The van der Waals surface area contributed by atoms with Crippen LogP contribution >= 0.6 is 0 Å². The first-order chi connectivity index (χ1) is 9.54. The van der Waals surface area contributed by atoms with E-state index in [1.54, 1.807) is 0 Å². The monoisotopic (exact) mass is 281 g/mol. The Morgan fingerprint density at radius 1 is 0.950 bits per heavy atom. The molecule has 0 aromatic carbocycles. The van der Waals surface area contributed by atoms with Gasteiger partial charge in [0.25, 0.3) is 0 Å². The number of rotatable bonds is 1. The molecule has 2 aliphatic heterocycles. The summed E-state index contributed by atoms with van der Waals surface area (Å²) < 4.78 is 11.7. The van der Waals surface area contributed by atoms with E-state index in [0.717, 1.165) is 51.4 Å². The Balaban J connectivity index is 1.75. The lowest BCUT2D eigenvalue weighted by molar-refractivity contribution is -0.159. The van der Waals surface area contributed by atoms with Gasteiger partial charge in [0.05, 0.1) is 5.60 Å². The molecule has 2 heterocycles. The zero-order valence-electron chi connectivity index (χ0n) is 13.2. The fraction of sp³-hybridized carbons (Fsp3) is 1.00. The molecule has 1 saturated carbocycles. The molecule has 20 heavy (non-hydrogen) atoms. The van der Waals surface area contributed by atoms with Gasteiger partial charge in [-0.25, -0.2) is 0 Å². The second-order valence-corrected chi connectivity index (χ2v) is 7.73. The zero-order chi connectivity index (χ0) is 14.2. The third-order valence-corrected chi connectivity index (χ3v) is 6.37. The summed E-state index contributed by atoms with van der Waals surface area (Å²) in [6.45, 7) is 7.35. The van der Waals surface area contributed by atoms with Gasteiger partial charge in [-0.3, -0.25) is 0 Å². The second-order valence-electron chi connectivity index (χ2n) is 7.73. The van der Waals surface area contributed by atoms with Crippen molar-refractivity contribution in [2.24, 2.45) is 23.5 Å².